The maximum Gasteiger partial charge on any atom is 0.336 e. The van der Waals surface area contributed by atoms with Crippen molar-refractivity contribution in [3.05, 3.63) is 100 Å². The lowest BCUT2D eigenvalue weighted by atomic mass is 10.0. The van der Waals surface area contributed by atoms with E-state index in [-0.39, 0.29) is 12.4 Å². The maximum atomic E-state index is 13.1. The molecule has 1 aromatic heterocycles. The molecule has 4 rings (SSSR count). The minimum absolute atomic E-state index is 0.284. The third-order valence-corrected chi connectivity index (χ3v) is 4.34. The number of aryl methyl sites for hydroxylation is 1. The quantitative estimate of drug-likeness (QED) is 0.452. The average molecular weight is 360 g/mol. The molecule has 3 aromatic carbocycles. The van der Waals surface area contributed by atoms with E-state index in [0.29, 0.717) is 11.3 Å². The number of benzene rings is 3. The monoisotopic (exact) mass is 360 g/mol. The van der Waals surface area contributed by atoms with Crippen molar-refractivity contribution in [2.45, 2.75) is 13.5 Å². The third kappa shape index (κ3) is 3.60. The molecule has 0 aliphatic rings. The average Bonchev–Trinajstić information content (AvgIpc) is 2.67. The number of fused-ring (bicyclic) bond motifs is 1. The van der Waals surface area contributed by atoms with Gasteiger partial charge in [-0.15, -0.1) is 0 Å². The minimum atomic E-state index is -0.406. The molecule has 0 bridgehead atoms. The van der Waals surface area contributed by atoms with Gasteiger partial charge in [0, 0.05) is 11.6 Å². The summed E-state index contributed by atoms with van der Waals surface area (Å²) in [4.78, 5) is 12.1. The first-order valence-corrected chi connectivity index (χ1v) is 8.61. The molecule has 4 heteroatoms. The highest BCUT2D eigenvalue weighted by atomic mass is 19.1. The number of hydrogen-bond acceptors (Lipinski definition) is 3. The van der Waals surface area contributed by atoms with Crippen LogP contribution in [0.25, 0.3) is 22.1 Å². The van der Waals surface area contributed by atoms with Gasteiger partial charge in [-0.25, -0.2) is 9.18 Å². The molecule has 0 N–H and O–H groups in total. The molecule has 0 unspecified atom stereocenters. The summed E-state index contributed by atoms with van der Waals surface area (Å²) in [6, 6.07) is 21.1. The van der Waals surface area contributed by atoms with Crippen LogP contribution < -0.4 is 10.4 Å². The van der Waals surface area contributed by atoms with E-state index < -0.39 is 5.63 Å². The van der Waals surface area contributed by atoms with Crippen molar-refractivity contribution in [2.75, 3.05) is 0 Å². The molecule has 0 radical (unpaired) electrons. The van der Waals surface area contributed by atoms with Gasteiger partial charge in [-0.05, 0) is 47.9 Å². The van der Waals surface area contributed by atoms with E-state index in [0.717, 1.165) is 27.6 Å². The van der Waals surface area contributed by atoms with Crippen LogP contribution in [0.1, 0.15) is 11.1 Å². The first-order valence-electron chi connectivity index (χ1n) is 8.61. The van der Waals surface area contributed by atoms with Crippen LogP contribution in [0.4, 0.5) is 4.39 Å². The Hall–Kier alpha value is -3.40. The van der Waals surface area contributed by atoms with Crippen molar-refractivity contribution < 1.29 is 13.5 Å². The lowest BCUT2D eigenvalue weighted by molar-refractivity contribution is 0.309. The fourth-order valence-corrected chi connectivity index (χ4v) is 3.10. The summed E-state index contributed by atoms with van der Waals surface area (Å²) in [5, 5.41) is 0.744. The van der Waals surface area contributed by atoms with E-state index in [2.05, 4.69) is 0 Å². The number of hydrogen-bond donors (Lipinski definition) is 0. The lowest BCUT2D eigenvalue weighted by Crippen LogP contribution is -2.02. The molecule has 0 atom stereocenters. The lowest BCUT2D eigenvalue weighted by Gasteiger charge is -2.13. The van der Waals surface area contributed by atoms with Crippen LogP contribution in [-0.4, -0.2) is 0 Å². The molecule has 3 nitrogen and oxygen atoms in total. The zero-order valence-electron chi connectivity index (χ0n) is 14.7. The molecule has 0 saturated heterocycles. The highest BCUT2D eigenvalue weighted by Gasteiger charge is 2.14. The van der Waals surface area contributed by atoms with Gasteiger partial charge in [0.15, 0.2) is 0 Å². The molecule has 0 fully saturated rings. The maximum absolute atomic E-state index is 13.1. The zero-order valence-corrected chi connectivity index (χ0v) is 14.7. The second-order valence-electron chi connectivity index (χ2n) is 6.40. The van der Waals surface area contributed by atoms with E-state index in [9.17, 15) is 9.18 Å². The Balaban J connectivity index is 1.84. The summed E-state index contributed by atoms with van der Waals surface area (Å²) in [6.07, 6.45) is 0. The minimum Gasteiger partial charge on any atom is -0.488 e. The molecular formula is C23H17FO3. The highest BCUT2D eigenvalue weighted by Crippen LogP contribution is 2.35. The predicted molar refractivity (Wildman–Crippen MR) is 103 cm³/mol. The third-order valence-electron chi connectivity index (χ3n) is 4.34. The van der Waals surface area contributed by atoms with Crippen molar-refractivity contribution >= 4 is 11.0 Å². The highest BCUT2D eigenvalue weighted by molar-refractivity contribution is 5.98. The van der Waals surface area contributed by atoms with E-state index in [1.807, 2.05) is 49.4 Å². The molecule has 27 heavy (non-hydrogen) atoms. The Bertz CT molecular complexity index is 1150. The van der Waals surface area contributed by atoms with Gasteiger partial charge in [-0.1, -0.05) is 42.5 Å². The van der Waals surface area contributed by atoms with E-state index in [1.165, 1.54) is 18.2 Å². The summed E-state index contributed by atoms with van der Waals surface area (Å²) >= 11 is 0. The topological polar surface area (TPSA) is 39.4 Å². The molecule has 0 amide bonds. The largest absolute Gasteiger partial charge is 0.488 e. The van der Waals surface area contributed by atoms with Gasteiger partial charge in [-0.2, -0.15) is 0 Å². The summed E-state index contributed by atoms with van der Waals surface area (Å²) in [6.45, 7) is 2.20. The van der Waals surface area contributed by atoms with Crippen molar-refractivity contribution in [3.63, 3.8) is 0 Å². The summed E-state index contributed by atoms with van der Waals surface area (Å²) < 4.78 is 24.6. The molecule has 134 valence electrons. The molecular weight excluding hydrogens is 343 g/mol. The first kappa shape index (κ1) is 17.0. The second-order valence-corrected chi connectivity index (χ2v) is 6.40. The predicted octanol–water partition coefficient (Wildman–Crippen LogP) is 5.49. The van der Waals surface area contributed by atoms with Gasteiger partial charge >= 0.3 is 5.63 Å². The van der Waals surface area contributed by atoms with Gasteiger partial charge in [0.2, 0.25) is 0 Å². The molecule has 1 heterocycles. The van der Waals surface area contributed by atoms with Gasteiger partial charge in [0.1, 0.15) is 23.8 Å². The Morgan fingerprint density at radius 3 is 2.44 bits per heavy atom. The van der Waals surface area contributed by atoms with Crippen LogP contribution in [-0.2, 0) is 6.61 Å². The van der Waals surface area contributed by atoms with Crippen molar-refractivity contribution in [2.24, 2.45) is 0 Å². The van der Waals surface area contributed by atoms with Gasteiger partial charge in [-0.3, -0.25) is 0 Å². The van der Waals surface area contributed by atoms with Gasteiger partial charge < -0.3 is 9.15 Å². The molecule has 0 aliphatic heterocycles. The normalized spacial score (nSPS) is 10.9. The Labute approximate surface area is 155 Å². The van der Waals surface area contributed by atoms with E-state index >= 15 is 0 Å². The van der Waals surface area contributed by atoms with Crippen molar-refractivity contribution in [3.8, 4) is 16.9 Å². The van der Waals surface area contributed by atoms with Crippen LogP contribution in [0.2, 0.25) is 0 Å². The zero-order chi connectivity index (χ0) is 18.8. The molecule has 0 aliphatic carbocycles. The molecule has 4 aromatic rings. The fraction of sp³-hybridized carbons (Fsp3) is 0.0870. The number of rotatable bonds is 4. The van der Waals surface area contributed by atoms with Crippen LogP contribution in [0, 0.1) is 12.7 Å². The van der Waals surface area contributed by atoms with Crippen LogP contribution in [0.15, 0.2) is 82.0 Å². The number of ether oxygens (including phenoxy) is 1. The van der Waals surface area contributed by atoms with Crippen LogP contribution >= 0.6 is 0 Å². The van der Waals surface area contributed by atoms with Crippen molar-refractivity contribution in [1.29, 1.82) is 0 Å². The van der Waals surface area contributed by atoms with Gasteiger partial charge in [0.25, 0.3) is 0 Å². The van der Waals surface area contributed by atoms with E-state index in [4.69, 9.17) is 9.15 Å². The Morgan fingerprint density at radius 2 is 1.70 bits per heavy atom. The van der Waals surface area contributed by atoms with Crippen molar-refractivity contribution in [1.82, 2.24) is 0 Å². The van der Waals surface area contributed by atoms with Crippen LogP contribution in [0.3, 0.4) is 0 Å². The second kappa shape index (κ2) is 7.08. The van der Waals surface area contributed by atoms with Crippen LogP contribution in [0.5, 0.6) is 5.75 Å². The van der Waals surface area contributed by atoms with E-state index in [1.54, 1.807) is 12.1 Å². The molecule has 0 spiro atoms. The summed E-state index contributed by atoms with van der Waals surface area (Å²) in [5.74, 6) is 0.338. The molecule has 0 saturated carbocycles. The standard InChI is InChI=1S/C23H17FO3/c1-15-11-20(26-14-16-7-9-18(24)10-8-16)23-19(17-5-3-2-4-6-17)13-22(25)27-21(23)12-15/h2-13H,14H2,1H3. The first-order chi connectivity index (χ1) is 13.1. The van der Waals surface area contributed by atoms with Gasteiger partial charge in [0.05, 0.1) is 5.39 Å². The Kier molecular flexibility index (Phi) is 4.47. The summed E-state index contributed by atoms with van der Waals surface area (Å²) in [5.41, 5.74) is 3.52. The smallest absolute Gasteiger partial charge is 0.336 e. The Morgan fingerprint density at radius 1 is 0.963 bits per heavy atom. The SMILES string of the molecule is Cc1cc(OCc2ccc(F)cc2)c2c(-c3ccccc3)cc(=O)oc2c1. The number of halogens is 1. The fourth-order valence-electron chi connectivity index (χ4n) is 3.10. The summed E-state index contributed by atoms with van der Waals surface area (Å²) in [7, 11) is 0.